The van der Waals surface area contributed by atoms with Crippen LogP contribution in [0.4, 0.5) is 5.69 Å². The lowest BCUT2D eigenvalue weighted by Gasteiger charge is -2.10. The Bertz CT molecular complexity index is 391. The van der Waals surface area contributed by atoms with E-state index in [4.69, 9.17) is 0 Å². The van der Waals surface area contributed by atoms with E-state index in [-0.39, 0.29) is 11.7 Å². The molecule has 0 bridgehead atoms. The van der Waals surface area contributed by atoms with Crippen molar-refractivity contribution in [1.82, 2.24) is 0 Å². The number of hydrogen-bond acceptors (Lipinski definition) is 3. The quantitative estimate of drug-likeness (QED) is 0.577. The van der Waals surface area contributed by atoms with Gasteiger partial charge >= 0.3 is 0 Å². The van der Waals surface area contributed by atoms with Gasteiger partial charge in [-0.25, -0.2) is 4.79 Å². The molecule has 74 valence electrons. The van der Waals surface area contributed by atoms with E-state index >= 15 is 0 Å². The highest BCUT2D eigenvalue weighted by Crippen LogP contribution is 2.32. The number of aryl methyl sites for hydroxylation is 1. The Morgan fingerprint density at radius 2 is 2.07 bits per heavy atom. The van der Waals surface area contributed by atoms with Gasteiger partial charge in [-0.2, -0.15) is 4.99 Å². The van der Waals surface area contributed by atoms with Crippen LogP contribution in [-0.4, -0.2) is 11.2 Å². The van der Waals surface area contributed by atoms with Crippen LogP contribution in [-0.2, 0) is 4.79 Å². The van der Waals surface area contributed by atoms with Crippen molar-refractivity contribution in [3.05, 3.63) is 23.3 Å². The van der Waals surface area contributed by atoms with Gasteiger partial charge in [-0.05, 0) is 36.1 Å². The lowest BCUT2D eigenvalue weighted by molar-refractivity contribution is 0.464. The summed E-state index contributed by atoms with van der Waals surface area (Å²) in [6.45, 7) is 5.73. The Labute approximate surface area is 83.1 Å². The smallest absolute Gasteiger partial charge is 0.240 e. The average Bonchev–Trinajstić information content (AvgIpc) is 2.09. The Kier molecular flexibility index (Phi) is 3.05. The maximum absolute atomic E-state index is 10.1. The highest BCUT2D eigenvalue weighted by Gasteiger charge is 2.09. The maximum Gasteiger partial charge on any atom is 0.240 e. The summed E-state index contributed by atoms with van der Waals surface area (Å²) in [5.41, 5.74) is 2.14. The monoisotopic (exact) mass is 191 g/mol. The third-order valence-electron chi connectivity index (χ3n) is 2.13. The molecule has 0 aromatic heterocycles. The topological polar surface area (TPSA) is 49.7 Å². The Morgan fingerprint density at radius 1 is 1.43 bits per heavy atom. The standard InChI is InChI=1S/C11H13NO2/c1-7(2)9-5-10(12-6-13)8(3)4-11(9)14/h4-5,7,14H,1-3H3. The minimum absolute atomic E-state index is 0.205. The minimum Gasteiger partial charge on any atom is -0.508 e. The highest BCUT2D eigenvalue weighted by molar-refractivity contribution is 5.58. The van der Waals surface area contributed by atoms with E-state index in [1.165, 1.54) is 6.08 Å². The second-order valence-corrected chi connectivity index (χ2v) is 3.56. The number of hydrogen-bond donors (Lipinski definition) is 1. The van der Waals surface area contributed by atoms with Crippen molar-refractivity contribution in [3.8, 4) is 5.75 Å². The SMILES string of the molecule is Cc1cc(O)c(C(C)C)cc1N=C=O. The zero-order chi connectivity index (χ0) is 10.7. The Hall–Kier alpha value is -1.60. The molecule has 1 rings (SSSR count). The van der Waals surface area contributed by atoms with Crippen LogP contribution in [0.3, 0.4) is 0 Å². The van der Waals surface area contributed by atoms with E-state index in [1.54, 1.807) is 19.1 Å². The highest BCUT2D eigenvalue weighted by atomic mass is 16.3. The first-order valence-electron chi connectivity index (χ1n) is 4.47. The van der Waals surface area contributed by atoms with Crippen molar-refractivity contribution in [2.75, 3.05) is 0 Å². The molecule has 0 fully saturated rings. The van der Waals surface area contributed by atoms with Gasteiger partial charge in [-0.15, -0.1) is 0 Å². The van der Waals surface area contributed by atoms with Crippen LogP contribution in [0.1, 0.15) is 30.9 Å². The number of phenolic OH excluding ortho intramolecular Hbond substituents is 1. The molecule has 14 heavy (non-hydrogen) atoms. The van der Waals surface area contributed by atoms with Crippen molar-refractivity contribution in [2.24, 2.45) is 4.99 Å². The van der Waals surface area contributed by atoms with E-state index in [0.717, 1.165) is 11.1 Å². The van der Waals surface area contributed by atoms with E-state index in [9.17, 15) is 9.90 Å². The predicted octanol–water partition coefficient (Wildman–Crippen LogP) is 2.79. The number of aromatic hydroxyl groups is 1. The summed E-state index contributed by atoms with van der Waals surface area (Å²) >= 11 is 0. The van der Waals surface area contributed by atoms with Crippen molar-refractivity contribution in [1.29, 1.82) is 0 Å². The number of phenols is 1. The fourth-order valence-electron chi connectivity index (χ4n) is 1.33. The second-order valence-electron chi connectivity index (χ2n) is 3.56. The van der Waals surface area contributed by atoms with Crippen LogP contribution in [0.5, 0.6) is 5.75 Å². The van der Waals surface area contributed by atoms with Crippen molar-refractivity contribution in [3.63, 3.8) is 0 Å². The molecule has 0 atom stereocenters. The van der Waals surface area contributed by atoms with Gasteiger partial charge in [-0.1, -0.05) is 13.8 Å². The minimum atomic E-state index is 0.205. The fourth-order valence-corrected chi connectivity index (χ4v) is 1.33. The van der Waals surface area contributed by atoms with Crippen molar-refractivity contribution in [2.45, 2.75) is 26.7 Å². The molecule has 0 saturated carbocycles. The molecule has 1 aromatic carbocycles. The first-order valence-corrected chi connectivity index (χ1v) is 4.47. The maximum atomic E-state index is 10.1. The molecule has 3 heteroatoms. The zero-order valence-corrected chi connectivity index (χ0v) is 8.53. The summed E-state index contributed by atoms with van der Waals surface area (Å²) in [5.74, 6) is 0.457. The van der Waals surface area contributed by atoms with Crippen LogP contribution in [0, 0.1) is 6.92 Å². The first-order chi connectivity index (χ1) is 6.56. The van der Waals surface area contributed by atoms with Crippen LogP contribution in [0.2, 0.25) is 0 Å². The number of isocyanates is 1. The van der Waals surface area contributed by atoms with E-state index < -0.39 is 0 Å². The van der Waals surface area contributed by atoms with Gasteiger partial charge in [0.25, 0.3) is 0 Å². The van der Waals surface area contributed by atoms with Crippen LogP contribution < -0.4 is 0 Å². The van der Waals surface area contributed by atoms with Crippen LogP contribution >= 0.6 is 0 Å². The summed E-state index contributed by atoms with van der Waals surface area (Å²) in [4.78, 5) is 13.7. The molecule has 0 radical (unpaired) electrons. The Morgan fingerprint density at radius 3 is 2.57 bits per heavy atom. The van der Waals surface area contributed by atoms with E-state index in [2.05, 4.69) is 4.99 Å². The number of nitrogens with zero attached hydrogens (tertiary/aromatic N) is 1. The molecular formula is C11H13NO2. The van der Waals surface area contributed by atoms with Gasteiger partial charge in [0.05, 0.1) is 5.69 Å². The third kappa shape index (κ3) is 2.01. The summed E-state index contributed by atoms with van der Waals surface area (Å²) in [6, 6.07) is 3.34. The molecule has 0 heterocycles. The summed E-state index contributed by atoms with van der Waals surface area (Å²) in [7, 11) is 0. The van der Waals surface area contributed by atoms with E-state index in [0.29, 0.717) is 5.69 Å². The third-order valence-corrected chi connectivity index (χ3v) is 2.13. The van der Waals surface area contributed by atoms with Gasteiger partial charge < -0.3 is 5.11 Å². The summed E-state index contributed by atoms with van der Waals surface area (Å²) < 4.78 is 0. The van der Waals surface area contributed by atoms with Gasteiger partial charge in [0, 0.05) is 0 Å². The molecule has 0 aliphatic rings. The lowest BCUT2D eigenvalue weighted by Crippen LogP contribution is -1.89. The molecule has 0 saturated heterocycles. The number of rotatable bonds is 2. The fraction of sp³-hybridized carbons (Fsp3) is 0.364. The molecule has 3 nitrogen and oxygen atoms in total. The summed E-state index contributed by atoms with van der Waals surface area (Å²) in [5, 5.41) is 9.61. The van der Waals surface area contributed by atoms with Crippen LogP contribution in [0.25, 0.3) is 0 Å². The van der Waals surface area contributed by atoms with Gasteiger partial charge in [0.2, 0.25) is 6.08 Å². The van der Waals surface area contributed by atoms with E-state index in [1.807, 2.05) is 13.8 Å². The molecule has 0 amide bonds. The molecular weight excluding hydrogens is 178 g/mol. The van der Waals surface area contributed by atoms with Gasteiger partial charge in [-0.3, -0.25) is 0 Å². The predicted molar refractivity (Wildman–Crippen MR) is 54.7 cm³/mol. The number of aliphatic imine (C=N–C) groups is 1. The number of carbonyl (C=O) groups excluding carboxylic acids is 1. The van der Waals surface area contributed by atoms with Crippen molar-refractivity contribution >= 4 is 11.8 Å². The van der Waals surface area contributed by atoms with Crippen molar-refractivity contribution < 1.29 is 9.90 Å². The molecule has 1 N–H and O–H groups in total. The molecule has 0 aliphatic heterocycles. The number of benzene rings is 1. The molecule has 0 unspecified atom stereocenters. The lowest BCUT2D eigenvalue weighted by atomic mass is 9.99. The summed E-state index contributed by atoms with van der Waals surface area (Å²) in [6.07, 6.45) is 1.50. The normalized spacial score (nSPS) is 10.0. The zero-order valence-electron chi connectivity index (χ0n) is 8.53. The first kappa shape index (κ1) is 10.5. The molecule has 0 aliphatic carbocycles. The van der Waals surface area contributed by atoms with Gasteiger partial charge in [0.1, 0.15) is 5.75 Å². The molecule has 1 aromatic rings. The average molecular weight is 191 g/mol. The van der Waals surface area contributed by atoms with Gasteiger partial charge in [0.15, 0.2) is 0 Å². The van der Waals surface area contributed by atoms with Crippen LogP contribution in [0.15, 0.2) is 17.1 Å². The Balaban J connectivity index is 3.34. The largest absolute Gasteiger partial charge is 0.508 e. The second kappa shape index (κ2) is 4.07. The molecule has 0 spiro atoms.